The molecule has 0 aliphatic carbocycles. The van der Waals surface area contributed by atoms with Crippen LogP contribution in [0.25, 0.3) is 10.9 Å². The Hall–Kier alpha value is -2.52. The van der Waals surface area contributed by atoms with E-state index in [1.165, 1.54) is 12.4 Å². The quantitative estimate of drug-likeness (QED) is 0.402. The van der Waals surface area contributed by atoms with Gasteiger partial charge in [0.05, 0.1) is 43.2 Å². The van der Waals surface area contributed by atoms with Crippen molar-refractivity contribution in [2.24, 2.45) is 0 Å². The number of methoxy groups -OCH3 is 1. The maximum Gasteiger partial charge on any atom is 0.162 e. The Kier molecular flexibility index (Phi) is 7.05. The van der Waals surface area contributed by atoms with Crippen LogP contribution >= 0.6 is 11.6 Å². The maximum absolute atomic E-state index is 13.5. The number of hydrogen-bond donors (Lipinski definition) is 1. The van der Waals surface area contributed by atoms with Gasteiger partial charge in [0.25, 0.3) is 0 Å². The Labute approximate surface area is 190 Å². The van der Waals surface area contributed by atoms with Gasteiger partial charge in [-0.3, -0.25) is 0 Å². The van der Waals surface area contributed by atoms with Crippen LogP contribution in [-0.4, -0.2) is 66.4 Å². The van der Waals surface area contributed by atoms with Crippen molar-refractivity contribution in [3.8, 4) is 11.5 Å². The van der Waals surface area contributed by atoms with E-state index in [1.807, 2.05) is 12.1 Å². The molecule has 0 bridgehead atoms. The Morgan fingerprint density at radius 1 is 1.16 bits per heavy atom. The van der Waals surface area contributed by atoms with Crippen LogP contribution in [0.2, 0.25) is 5.02 Å². The number of halogens is 2. The average molecular weight is 463 g/mol. The molecule has 1 fully saturated rings. The smallest absolute Gasteiger partial charge is 0.162 e. The van der Waals surface area contributed by atoms with E-state index in [4.69, 9.17) is 25.8 Å². The summed E-state index contributed by atoms with van der Waals surface area (Å²) in [6.07, 6.45) is 2.65. The number of nitrogens with zero attached hydrogens (tertiary/aromatic N) is 3. The standard InChI is InChI=1S/C23H26ClFN3O4/c1-30-22-14-21-17(13-23(22)32-8-2-5-28(29)6-9-31-10-7-28)20(26-15-27-21)12-16-3-4-19(25)18(24)11-16/h3-4,11,13-15,29H,2,5-10,12H2,1H3/q+1. The molecule has 1 saturated heterocycles. The lowest BCUT2D eigenvalue weighted by Crippen LogP contribution is -2.53. The first kappa shape index (κ1) is 22.7. The Balaban J connectivity index is 1.51. The molecule has 1 aliphatic rings. The van der Waals surface area contributed by atoms with E-state index in [-0.39, 0.29) is 9.67 Å². The molecular weight excluding hydrogens is 437 g/mol. The molecule has 1 N–H and O–H groups in total. The summed E-state index contributed by atoms with van der Waals surface area (Å²) in [6, 6.07) is 8.33. The third-order valence-corrected chi connectivity index (χ3v) is 5.93. The second-order valence-electron chi connectivity index (χ2n) is 7.85. The average Bonchev–Trinajstić information content (AvgIpc) is 2.79. The third kappa shape index (κ3) is 5.27. The highest BCUT2D eigenvalue weighted by atomic mass is 35.5. The van der Waals surface area contributed by atoms with Gasteiger partial charge in [-0.1, -0.05) is 17.7 Å². The van der Waals surface area contributed by atoms with E-state index in [2.05, 4.69) is 9.97 Å². The van der Waals surface area contributed by atoms with Gasteiger partial charge in [-0.05, 0) is 23.8 Å². The molecule has 0 radical (unpaired) electrons. The number of quaternary nitrogens is 1. The molecule has 7 nitrogen and oxygen atoms in total. The lowest BCUT2D eigenvalue weighted by molar-refractivity contribution is -1.11. The Morgan fingerprint density at radius 3 is 2.72 bits per heavy atom. The number of hydrogen-bond acceptors (Lipinski definition) is 6. The van der Waals surface area contributed by atoms with Crippen molar-refractivity contribution in [1.82, 2.24) is 9.97 Å². The van der Waals surface area contributed by atoms with E-state index in [9.17, 15) is 9.60 Å². The maximum atomic E-state index is 13.5. The number of fused-ring (bicyclic) bond motifs is 1. The molecule has 1 aromatic heterocycles. The molecule has 0 unspecified atom stereocenters. The summed E-state index contributed by atoms with van der Waals surface area (Å²) in [6.45, 7) is 3.34. The molecule has 4 rings (SSSR count). The minimum atomic E-state index is -0.451. The van der Waals surface area contributed by atoms with Crippen molar-refractivity contribution in [3.63, 3.8) is 0 Å². The summed E-state index contributed by atoms with van der Waals surface area (Å²) < 4.78 is 30.3. The minimum absolute atomic E-state index is 0.0104. The number of hydroxylamine groups is 3. The molecule has 170 valence electrons. The predicted molar refractivity (Wildman–Crippen MR) is 118 cm³/mol. The minimum Gasteiger partial charge on any atom is -0.493 e. The Morgan fingerprint density at radius 2 is 1.97 bits per heavy atom. The molecule has 1 aliphatic heterocycles. The van der Waals surface area contributed by atoms with Crippen LogP contribution < -0.4 is 9.47 Å². The molecule has 2 heterocycles. The van der Waals surface area contributed by atoms with Crippen molar-refractivity contribution >= 4 is 22.5 Å². The lowest BCUT2D eigenvalue weighted by atomic mass is 10.1. The van der Waals surface area contributed by atoms with Gasteiger partial charge in [-0.25, -0.2) is 19.6 Å². The van der Waals surface area contributed by atoms with Crippen molar-refractivity contribution in [3.05, 3.63) is 58.8 Å². The second kappa shape index (κ2) is 9.95. The molecule has 0 amide bonds. The van der Waals surface area contributed by atoms with Gasteiger partial charge in [0.2, 0.25) is 0 Å². The largest absolute Gasteiger partial charge is 0.493 e. The van der Waals surface area contributed by atoms with Crippen LogP contribution in [0.4, 0.5) is 4.39 Å². The van der Waals surface area contributed by atoms with Crippen LogP contribution in [0.1, 0.15) is 17.7 Å². The molecule has 9 heteroatoms. The van der Waals surface area contributed by atoms with Gasteiger partial charge in [-0.15, -0.1) is 0 Å². The van der Waals surface area contributed by atoms with Gasteiger partial charge < -0.3 is 14.2 Å². The fourth-order valence-corrected chi connectivity index (χ4v) is 4.02. The highest BCUT2D eigenvalue weighted by Crippen LogP contribution is 2.33. The predicted octanol–water partition coefficient (Wildman–Crippen LogP) is 4.03. The number of morpholine rings is 1. The highest BCUT2D eigenvalue weighted by Gasteiger charge is 2.28. The van der Waals surface area contributed by atoms with Crippen LogP contribution in [0, 0.1) is 5.82 Å². The summed E-state index contributed by atoms with van der Waals surface area (Å²) >= 11 is 5.93. The highest BCUT2D eigenvalue weighted by molar-refractivity contribution is 6.30. The van der Waals surface area contributed by atoms with Crippen LogP contribution in [-0.2, 0) is 11.2 Å². The molecule has 32 heavy (non-hydrogen) atoms. The van der Waals surface area contributed by atoms with E-state index in [0.29, 0.717) is 63.8 Å². The zero-order valence-electron chi connectivity index (χ0n) is 17.9. The van der Waals surface area contributed by atoms with E-state index >= 15 is 0 Å². The monoisotopic (exact) mass is 462 g/mol. The van der Waals surface area contributed by atoms with Crippen molar-refractivity contribution in [2.45, 2.75) is 12.8 Å². The molecule has 0 atom stereocenters. The van der Waals surface area contributed by atoms with Gasteiger partial charge in [-0.2, -0.15) is 4.65 Å². The Bertz CT molecular complexity index is 1090. The van der Waals surface area contributed by atoms with Crippen molar-refractivity contribution < 1.29 is 28.5 Å². The number of benzene rings is 2. The van der Waals surface area contributed by atoms with Crippen LogP contribution in [0.3, 0.4) is 0 Å². The zero-order valence-corrected chi connectivity index (χ0v) is 18.6. The number of rotatable bonds is 8. The van der Waals surface area contributed by atoms with E-state index < -0.39 is 5.82 Å². The summed E-state index contributed by atoms with van der Waals surface area (Å²) in [5.41, 5.74) is 2.34. The van der Waals surface area contributed by atoms with Crippen molar-refractivity contribution in [2.75, 3.05) is 46.6 Å². The van der Waals surface area contributed by atoms with Gasteiger partial charge in [0.15, 0.2) is 11.5 Å². The SMILES string of the molecule is COc1cc2ncnc(Cc3ccc(F)c(Cl)c3)c2cc1OCCC[N+]1(O)CCOCC1. The normalized spacial score (nSPS) is 15.6. The van der Waals surface area contributed by atoms with E-state index in [0.717, 1.165) is 22.2 Å². The number of ether oxygens (including phenoxy) is 3. The molecular formula is C23H26ClFN3O4+. The fraction of sp³-hybridized carbons (Fsp3) is 0.391. The second-order valence-corrected chi connectivity index (χ2v) is 8.25. The topological polar surface area (TPSA) is 73.7 Å². The summed E-state index contributed by atoms with van der Waals surface area (Å²) in [7, 11) is 1.58. The molecule has 3 aromatic rings. The van der Waals surface area contributed by atoms with Crippen LogP contribution in [0.5, 0.6) is 11.5 Å². The summed E-state index contributed by atoms with van der Waals surface area (Å²) in [5.74, 6) is 0.707. The first-order valence-electron chi connectivity index (χ1n) is 10.5. The number of aromatic nitrogens is 2. The van der Waals surface area contributed by atoms with Crippen molar-refractivity contribution in [1.29, 1.82) is 0 Å². The fourth-order valence-electron chi connectivity index (χ4n) is 3.82. The first-order chi connectivity index (χ1) is 15.5. The first-order valence-corrected chi connectivity index (χ1v) is 10.9. The molecule has 0 saturated carbocycles. The van der Waals surface area contributed by atoms with Gasteiger partial charge >= 0.3 is 0 Å². The lowest BCUT2D eigenvalue weighted by Gasteiger charge is -2.33. The van der Waals surface area contributed by atoms with Gasteiger partial charge in [0, 0.05) is 24.3 Å². The summed E-state index contributed by atoms with van der Waals surface area (Å²) in [5, 5.41) is 11.5. The van der Waals surface area contributed by atoms with Gasteiger partial charge in [0.1, 0.15) is 31.8 Å². The third-order valence-electron chi connectivity index (χ3n) is 5.64. The van der Waals surface area contributed by atoms with E-state index in [1.54, 1.807) is 19.2 Å². The zero-order chi connectivity index (χ0) is 22.6. The molecule has 0 spiro atoms. The van der Waals surface area contributed by atoms with Crippen LogP contribution in [0.15, 0.2) is 36.7 Å². The summed E-state index contributed by atoms with van der Waals surface area (Å²) in [4.78, 5) is 8.78. The molecule has 2 aromatic carbocycles.